The lowest BCUT2D eigenvalue weighted by Gasteiger charge is -2.33. The first kappa shape index (κ1) is 9.20. The Kier molecular flexibility index (Phi) is 1.82. The Balaban J connectivity index is 2.06. The quantitative estimate of drug-likeness (QED) is 0.683. The van der Waals surface area contributed by atoms with Crippen molar-refractivity contribution < 1.29 is 9.13 Å². The van der Waals surface area contributed by atoms with E-state index >= 15 is 0 Å². The molecule has 1 spiro atoms. The average molecular weight is 206 g/mol. The number of ether oxygens (including phenoxy) is 1. The number of hydrogen-bond donors (Lipinski definition) is 0. The summed E-state index contributed by atoms with van der Waals surface area (Å²) in [5, 5.41) is 0. The lowest BCUT2D eigenvalue weighted by molar-refractivity contribution is 0.172. The van der Waals surface area contributed by atoms with Crippen molar-refractivity contribution in [2.75, 3.05) is 6.61 Å². The highest BCUT2D eigenvalue weighted by atomic mass is 19.1. The van der Waals surface area contributed by atoms with Crippen LogP contribution in [0.2, 0.25) is 0 Å². The predicted molar refractivity (Wildman–Crippen MR) is 56.6 cm³/mol. The van der Waals surface area contributed by atoms with Gasteiger partial charge in [0.2, 0.25) is 0 Å². The van der Waals surface area contributed by atoms with Gasteiger partial charge in [0.15, 0.2) is 0 Å². The fraction of sp³-hybridized carbons (Fsp3) is 0.538. The van der Waals surface area contributed by atoms with Crippen LogP contribution in [-0.2, 0) is 0 Å². The minimum Gasteiger partial charge on any atom is -0.493 e. The average Bonchev–Trinajstić information content (AvgIpc) is 2.99. The van der Waals surface area contributed by atoms with Gasteiger partial charge in [-0.3, -0.25) is 0 Å². The van der Waals surface area contributed by atoms with Crippen molar-refractivity contribution in [1.29, 1.82) is 0 Å². The summed E-state index contributed by atoms with van der Waals surface area (Å²) < 4.78 is 18.7. The highest BCUT2D eigenvalue weighted by Crippen LogP contribution is 2.60. The molecule has 0 aromatic heterocycles. The van der Waals surface area contributed by atoms with Crippen LogP contribution in [0.15, 0.2) is 18.2 Å². The summed E-state index contributed by atoms with van der Waals surface area (Å²) in [6.45, 7) is 2.99. The summed E-state index contributed by atoms with van der Waals surface area (Å²) in [5.41, 5.74) is 1.60. The molecule has 1 aromatic rings. The molecule has 1 fully saturated rings. The van der Waals surface area contributed by atoms with Crippen molar-refractivity contribution in [1.82, 2.24) is 0 Å². The Bertz CT molecular complexity index is 396. The van der Waals surface area contributed by atoms with E-state index in [1.165, 1.54) is 24.5 Å². The molecular weight excluding hydrogens is 191 g/mol. The van der Waals surface area contributed by atoms with Crippen LogP contribution in [0.4, 0.5) is 4.39 Å². The fourth-order valence-corrected chi connectivity index (χ4v) is 2.88. The lowest BCUT2D eigenvalue weighted by atomic mass is 9.79. The van der Waals surface area contributed by atoms with E-state index in [9.17, 15) is 4.39 Å². The molecule has 1 atom stereocenters. The number of rotatable bonds is 1. The first-order chi connectivity index (χ1) is 7.25. The SMILES string of the molecule is CCC1c2ccc(F)cc2OCC12CC2. The first-order valence-electron chi connectivity index (χ1n) is 5.67. The molecule has 1 heterocycles. The highest BCUT2D eigenvalue weighted by molar-refractivity contribution is 5.41. The number of hydrogen-bond acceptors (Lipinski definition) is 1. The second-order valence-electron chi connectivity index (χ2n) is 4.79. The van der Waals surface area contributed by atoms with Crippen LogP contribution in [0, 0.1) is 11.2 Å². The maximum atomic E-state index is 13.1. The molecule has 1 aliphatic carbocycles. The molecule has 0 saturated heterocycles. The molecule has 1 aromatic carbocycles. The van der Waals surface area contributed by atoms with Gasteiger partial charge >= 0.3 is 0 Å². The van der Waals surface area contributed by atoms with E-state index in [1.54, 1.807) is 6.07 Å². The zero-order chi connectivity index (χ0) is 10.5. The molecule has 2 aliphatic rings. The molecule has 0 N–H and O–H groups in total. The van der Waals surface area contributed by atoms with Crippen LogP contribution in [0.1, 0.15) is 37.7 Å². The van der Waals surface area contributed by atoms with E-state index in [2.05, 4.69) is 6.92 Å². The topological polar surface area (TPSA) is 9.23 Å². The number of halogens is 1. The molecule has 0 radical (unpaired) electrons. The molecule has 2 heteroatoms. The van der Waals surface area contributed by atoms with Crippen molar-refractivity contribution in [3.05, 3.63) is 29.6 Å². The molecule has 15 heavy (non-hydrogen) atoms. The normalized spacial score (nSPS) is 25.9. The van der Waals surface area contributed by atoms with Crippen molar-refractivity contribution in [2.45, 2.75) is 32.1 Å². The van der Waals surface area contributed by atoms with Gasteiger partial charge in [-0.2, -0.15) is 0 Å². The minimum absolute atomic E-state index is 0.199. The Morgan fingerprint density at radius 3 is 2.93 bits per heavy atom. The molecule has 1 aliphatic heterocycles. The van der Waals surface area contributed by atoms with Crippen molar-refractivity contribution in [2.24, 2.45) is 5.41 Å². The van der Waals surface area contributed by atoms with Crippen LogP contribution < -0.4 is 4.74 Å². The molecule has 1 saturated carbocycles. The summed E-state index contributed by atoms with van der Waals surface area (Å²) in [4.78, 5) is 0. The van der Waals surface area contributed by atoms with Crippen LogP contribution in [0.25, 0.3) is 0 Å². The molecular formula is C13H15FO. The molecule has 1 nitrogen and oxygen atoms in total. The molecule has 0 amide bonds. The summed E-state index contributed by atoms with van der Waals surface area (Å²) in [6, 6.07) is 4.97. The van der Waals surface area contributed by atoms with Crippen LogP contribution in [0.5, 0.6) is 5.75 Å². The Morgan fingerprint density at radius 2 is 2.27 bits per heavy atom. The van der Waals surface area contributed by atoms with E-state index in [0.717, 1.165) is 18.8 Å². The molecule has 0 bridgehead atoms. The maximum Gasteiger partial charge on any atom is 0.126 e. The van der Waals surface area contributed by atoms with Gasteiger partial charge in [-0.25, -0.2) is 4.39 Å². The zero-order valence-corrected chi connectivity index (χ0v) is 8.92. The summed E-state index contributed by atoms with van der Waals surface area (Å²) >= 11 is 0. The Hall–Kier alpha value is -1.05. The molecule has 3 rings (SSSR count). The van der Waals surface area contributed by atoms with Gasteiger partial charge in [-0.05, 0) is 36.8 Å². The lowest BCUT2D eigenvalue weighted by Crippen LogP contribution is -2.27. The minimum atomic E-state index is -0.199. The van der Waals surface area contributed by atoms with E-state index in [1.807, 2.05) is 6.07 Å². The van der Waals surface area contributed by atoms with Crippen molar-refractivity contribution in [3.63, 3.8) is 0 Å². The standard InChI is InChI=1S/C13H15FO/c1-2-11-10-4-3-9(14)7-12(10)15-8-13(11)5-6-13/h3-4,7,11H,2,5-6,8H2,1H3. The van der Waals surface area contributed by atoms with Gasteiger partial charge in [0.05, 0.1) is 6.61 Å². The summed E-state index contributed by atoms with van der Waals surface area (Å²) in [6.07, 6.45) is 3.66. The van der Waals surface area contributed by atoms with Gasteiger partial charge in [-0.15, -0.1) is 0 Å². The monoisotopic (exact) mass is 206 g/mol. The molecule has 80 valence electrons. The maximum absolute atomic E-state index is 13.1. The van der Waals surface area contributed by atoms with E-state index in [4.69, 9.17) is 4.74 Å². The second-order valence-corrected chi connectivity index (χ2v) is 4.79. The Labute approximate surface area is 89.3 Å². The van der Waals surface area contributed by atoms with Crippen LogP contribution in [0.3, 0.4) is 0 Å². The fourth-order valence-electron chi connectivity index (χ4n) is 2.88. The number of benzene rings is 1. The van der Waals surface area contributed by atoms with Gasteiger partial charge in [0.1, 0.15) is 11.6 Å². The van der Waals surface area contributed by atoms with Gasteiger partial charge in [0, 0.05) is 11.5 Å². The molecule has 1 unspecified atom stereocenters. The van der Waals surface area contributed by atoms with E-state index in [-0.39, 0.29) is 5.82 Å². The van der Waals surface area contributed by atoms with Crippen molar-refractivity contribution in [3.8, 4) is 5.75 Å². The largest absolute Gasteiger partial charge is 0.493 e. The third-order valence-electron chi connectivity index (χ3n) is 3.91. The van der Waals surface area contributed by atoms with Gasteiger partial charge in [-0.1, -0.05) is 13.0 Å². The number of fused-ring (bicyclic) bond motifs is 1. The third-order valence-corrected chi connectivity index (χ3v) is 3.91. The van der Waals surface area contributed by atoms with E-state index in [0.29, 0.717) is 11.3 Å². The van der Waals surface area contributed by atoms with E-state index < -0.39 is 0 Å². The third kappa shape index (κ3) is 1.27. The van der Waals surface area contributed by atoms with Crippen LogP contribution >= 0.6 is 0 Å². The predicted octanol–water partition coefficient (Wildman–Crippen LogP) is 3.49. The highest BCUT2D eigenvalue weighted by Gasteiger charge is 2.52. The summed E-state index contributed by atoms with van der Waals surface area (Å²) in [7, 11) is 0. The smallest absolute Gasteiger partial charge is 0.126 e. The van der Waals surface area contributed by atoms with Crippen molar-refractivity contribution >= 4 is 0 Å². The van der Waals surface area contributed by atoms with Gasteiger partial charge in [0.25, 0.3) is 0 Å². The van der Waals surface area contributed by atoms with Gasteiger partial charge < -0.3 is 4.74 Å². The second kappa shape index (κ2) is 2.97. The Morgan fingerprint density at radius 1 is 1.47 bits per heavy atom. The summed E-state index contributed by atoms with van der Waals surface area (Å²) in [5.74, 6) is 1.14. The first-order valence-corrected chi connectivity index (χ1v) is 5.67. The zero-order valence-electron chi connectivity index (χ0n) is 8.92. The van der Waals surface area contributed by atoms with Crippen LogP contribution in [-0.4, -0.2) is 6.61 Å².